The number of benzene rings is 3. The molecule has 1 aliphatic carbocycles. The molecule has 7 heteroatoms. The number of nitrogens with one attached hydrogen (secondary N) is 1. The number of ether oxygens (including phenoxy) is 3. The number of carbonyl (C=O) groups is 2. The largest absolute Gasteiger partial charge is 0.467 e. The van der Waals surface area contributed by atoms with E-state index in [1.54, 1.807) is 49.6 Å². The van der Waals surface area contributed by atoms with Crippen LogP contribution in [0.3, 0.4) is 0 Å². The van der Waals surface area contributed by atoms with E-state index in [9.17, 15) is 9.59 Å². The summed E-state index contributed by atoms with van der Waals surface area (Å²) in [5.41, 5.74) is 4.16. The van der Waals surface area contributed by atoms with E-state index in [1.807, 2.05) is 43.3 Å². The molecule has 1 saturated carbocycles. The van der Waals surface area contributed by atoms with Crippen molar-refractivity contribution in [2.24, 2.45) is 5.41 Å². The Hall–Kier alpha value is -4.25. The first kappa shape index (κ1) is 27.8. The van der Waals surface area contributed by atoms with E-state index < -0.39 is 0 Å². The molecule has 200 valence electrons. The molecule has 0 atom stereocenters. The van der Waals surface area contributed by atoms with Gasteiger partial charge in [0.15, 0.2) is 18.3 Å². The molecule has 0 aliphatic heterocycles. The fourth-order valence-electron chi connectivity index (χ4n) is 4.03. The Labute approximate surface area is 229 Å². The normalized spacial score (nSPS) is 13.6. The van der Waals surface area contributed by atoms with Gasteiger partial charge in [0.2, 0.25) is 0 Å². The van der Waals surface area contributed by atoms with E-state index in [0.29, 0.717) is 42.3 Å². The van der Waals surface area contributed by atoms with Crippen LogP contribution in [0.25, 0.3) is 22.0 Å². The van der Waals surface area contributed by atoms with Crippen molar-refractivity contribution in [3.63, 3.8) is 0 Å². The van der Waals surface area contributed by atoms with E-state index in [4.69, 9.17) is 20.8 Å². The van der Waals surface area contributed by atoms with Crippen LogP contribution in [0.2, 0.25) is 0 Å². The fourth-order valence-corrected chi connectivity index (χ4v) is 4.03. The van der Waals surface area contributed by atoms with E-state index in [0.717, 1.165) is 29.5 Å². The maximum Gasteiger partial charge on any atom is 0.251 e. The average molecular weight is 525 g/mol. The van der Waals surface area contributed by atoms with Crippen LogP contribution in [0, 0.1) is 12.0 Å². The third-order valence-corrected chi connectivity index (χ3v) is 6.68. The second kappa shape index (κ2) is 13.0. The van der Waals surface area contributed by atoms with Gasteiger partial charge in [0.05, 0.1) is 19.8 Å². The molecule has 1 aliphatic rings. The molecule has 3 aromatic carbocycles. The van der Waals surface area contributed by atoms with Crippen molar-refractivity contribution in [3.8, 4) is 16.9 Å². The summed E-state index contributed by atoms with van der Waals surface area (Å²) in [6, 6.07) is 20.1. The standard InChI is InChI=1S/C32H32N2O5/c1-32(15-16-32)30(35)27-7-4-6-25(20-27)23-9-11-24(12-10-23)31(36)34-17-5-8-26-21-28(33-2)13-14-29(26)39-22-38-19-18-37-3/h4-14,20-21H,15-19,22H2,1,3H3,(H,34,36)/b8-5+. The Bertz CT molecular complexity index is 1380. The summed E-state index contributed by atoms with van der Waals surface area (Å²) in [4.78, 5) is 28.9. The van der Waals surface area contributed by atoms with E-state index in [2.05, 4.69) is 10.2 Å². The highest BCUT2D eigenvalue weighted by atomic mass is 16.7. The van der Waals surface area contributed by atoms with Crippen molar-refractivity contribution >= 4 is 23.5 Å². The Kier molecular flexibility index (Phi) is 9.27. The van der Waals surface area contributed by atoms with Crippen molar-refractivity contribution in [1.82, 2.24) is 5.32 Å². The Morgan fingerprint density at radius 3 is 2.51 bits per heavy atom. The smallest absolute Gasteiger partial charge is 0.251 e. The predicted octanol–water partition coefficient (Wildman–Crippen LogP) is 6.33. The molecule has 0 unspecified atom stereocenters. The second-order valence-corrected chi connectivity index (χ2v) is 9.66. The van der Waals surface area contributed by atoms with Gasteiger partial charge in [-0.25, -0.2) is 4.85 Å². The number of amides is 1. The van der Waals surface area contributed by atoms with Crippen LogP contribution in [0.1, 0.15) is 46.0 Å². The van der Waals surface area contributed by atoms with Gasteiger partial charge in [-0.05, 0) is 54.3 Å². The molecule has 0 bridgehead atoms. The number of ketones is 1. The molecule has 0 aromatic heterocycles. The summed E-state index contributed by atoms with van der Waals surface area (Å²) < 4.78 is 16.0. The molecule has 39 heavy (non-hydrogen) atoms. The van der Waals surface area contributed by atoms with Crippen LogP contribution in [0.15, 0.2) is 72.8 Å². The molecular weight excluding hydrogens is 492 g/mol. The van der Waals surface area contributed by atoms with Crippen molar-refractivity contribution in [2.75, 3.05) is 33.7 Å². The van der Waals surface area contributed by atoms with Gasteiger partial charge in [0.25, 0.3) is 5.91 Å². The number of rotatable bonds is 13. The lowest BCUT2D eigenvalue weighted by molar-refractivity contribution is -0.00855. The van der Waals surface area contributed by atoms with E-state index in [-0.39, 0.29) is 23.9 Å². The maximum absolute atomic E-state index is 12.7. The first-order valence-electron chi connectivity index (χ1n) is 12.8. The van der Waals surface area contributed by atoms with Gasteiger partial charge in [0.1, 0.15) is 5.75 Å². The van der Waals surface area contributed by atoms with Gasteiger partial charge in [-0.15, -0.1) is 0 Å². The number of methoxy groups -OCH3 is 1. The fraction of sp³-hybridized carbons (Fsp3) is 0.281. The molecular formula is C32H32N2O5. The quantitative estimate of drug-likeness (QED) is 0.122. The number of nitrogens with zero attached hydrogens (tertiary/aromatic N) is 1. The molecule has 1 fully saturated rings. The van der Waals surface area contributed by atoms with Crippen LogP contribution < -0.4 is 10.1 Å². The number of hydrogen-bond acceptors (Lipinski definition) is 5. The average Bonchev–Trinajstić information content (AvgIpc) is 3.73. The minimum atomic E-state index is -0.206. The minimum absolute atomic E-state index is 0.0638. The highest BCUT2D eigenvalue weighted by Crippen LogP contribution is 2.47. The third-order valence-electron chi connectivity index (χ3n) is 6.68. The van der Waals surface area contributed by atoms with E-state index >= 15 is 0 Å². The maximum atomic E-state index is 12.7. The summed E-state index contributed by atoms with van der Waals surface area (Å²) in [6.07, 6.45) is 5.50. The zero-order chi connectivity index (χ0) is 27.7. The van der Waals surface area contributed by atoms with E-state index in [1.165, 1.54) is 0 Å². The second-order valence-electron chi connectivity index (χ2n) is 9.66. The molecule has 3 aromatic rings. The SMILES string of the molecule is [C-]#[N+]c1ccc(OCOCCOC)c(/C=C/CNC(=O)c2ccc(-c3cccc(C(=O)C4(C)CC4)c3)cc2)c1. The van der Waals surface area contributed by atoms with Gasteiger partial charge in [-0.1, -0.05) is 55.5 Å². The summed E-state index contributed by atoms with van der Waals surface area (Å²) in [7, 11) is 1.60. The minimum Gasteiger partial charge on any atom is -0.467 e. The monoisotopic (exact) mass is 524 g/mol. The van der Waals surface area contributed by atoms with Crippen molar-refractivity contribution in [1.29, 1.82) is 0 Å². The zero-order valence-electron chi connectivity index (χ0n) is 22.2. The summed E-state index contributed by atoms with van der Waals surface area (Å²) in [5.74, 6) is 0.577. The summed E-state index contributed by atoms with van der Waals surface area (Å²) in [6.45, 7) is 10.5. The van der Waals surface area contributed by atoms with Gasteiger partial charge >= 0.3 is 0 Å². The number of carbonyl (C=O) groups excluding carboxylic acids is 2. The van der Waals surface area contributed by atoms with Crippen LogP contribution >= 0.6 is 0 Å². The molecule has 1 N–H and O–H groups in total. The lowest BCUT2D eigenvalue weighted by atomic mass is 9.94. The molecule has 0 radical (unpaired) electrons. The summed E-state index contributed by atoms with van der Waals surface area (Å²) >= 11 is 0. The molecule has 0 spiro atoms. The summed E-state index contributed by atoms with van der Waals surface area (Å²) in [5, 5.41) is 2.88. The first-order valence-corrected chi connectivity index (χ1v) is 12.8. The lowest BCUT2D eigenvalue weighted by Gasteiger charge is -2.10. The predicted molar refractivity (Wildman–Crippen MR) is 151 cm³/mol. The third kappa shape index (κ3) is 7.41. The van der Waals surface area contributed by atoms with Gasteiger partial charge < -0.3 is 19.5 Å². The van der Waals surface area contributed by atoms with Crippen LogP contribution in [0.5, 0.6) is 5.75 Å². The zero-order valence-corrected chi connectivity index (χ0v) is 22.2. The molecule has 1 amide bonds. The van der Waals surface area contributed by atoms with Gasteiger partial charge in [-0.3, -0.25) is 9.59 Å². The highest BCUT2D eigenvalue weighted by molar-refractivity contribution is 6.02. The first-order chi connectivity index (χ1) is 18.9. The van der Waals surface area contributed by atoms with Crippen molar-refractivity contribution < 1.29 is 23.8 Å². The number of Topliss-reactive ketones (excluding diaryl/α,β-unsaturated/α-hetero) is 1. The van der Waals surface area contributed by atoms with Gasteiger partial charge in [-0.2, -0.15) is 0 Å². The van der Waals surface area contributed by atoms with Crippen LogP contribution in [-0.4, -0.2) is 45.4 Å². The topological polar surface area (TPSA) is 78.2 Å². The van der Waals surface area contributed by atoms with Crippen LogP contribution in [0.4, 0.5) is 5.69 Å². The highest BCUT2D eigenvalue weighted by Gasteiger charge is 2.44. The lowest BCUT2D eigenvalue weighted by Crippen LogP contribution is -2.23. The Balaban J connectivity index is 1.33. The van der Waals surface area contributed by atoms with Crippen molar-refractivity contribution in [3.05, 3.63) is 101 Å². The molecule has 7 nitrogen and oxygen atoms in total. The molecule has 0 saturated heterocycles. The Morgan fingerprint density at radius 1 is 1.00 bits per heavy atom. The molecule has 0 heterocycles. The Morgan fingerprint density at radius 2 is 1.79 bits per heavy atom. The number of hydrogen-bond donors (Lipinski definition) is 1. The van der Waals surface area contributed by atoms with Crippen LogP contribution in [-0.2, 0) is 9.47 Å². The van der Waals surface area contributed by atoms with Crippen molar-refractivity contribution in [2.45, 2.75) is 19.8 Å². The molecule has 4 rings (SSSR count). The van der Waals surface area contributed by atoms with Gasteiger partial charge in [0, 0.05) is 35.8 Å².